The van der Waals surface area contributed by atoms with Gasteiger partial charge in [0.2, 0.25) is 15.0 Å². The Morgan fingerprint density at radius 2 is 2.06 bits per heavy atom. The number of hydrogen-bond acceptors (Lipinski definition) is 7. The third-order valence-electron chi connectivity index (χ3n) is 1.70. The summed E-state index contributed by atoms with van der Waals surface area (Å²) in [5.74, 6) is -3.28. The van der Waals surface area contributed by atoms with Crippen LogP contribution in [0.2, 0.25) is 0 Å². The van der Waals surface area contributed by atoms with Crippen LogP contribution in [0.5, 0.6) is 0 Å². The average molecular weight is 298 g/mol. The van der Waals surface area contributed by atoms with Gasteiger partial charge in [0.05, 0.1) is 6.42 Å². The van der Waals surface area contributed by atoms with E-state index in [0.717, 1.165) is 11.5 Å². The monoisotopic (exact) mass is 298 g/mol. The van der Waals surface area contributed by atoms with Gasteiger partial charge in [-0.2, -0.15) is 4.98 Å². The van der Waals surface area contributed by atoms with Crippen molar-refractivity contribution in [3.63, 3.8) is 0 Å². The van der Waals surface area contributed by atoms with Crippen molar-refractivity contribution in [2.24, 2.45) is 0 Å². The van der Waals surface area contributed by atoms with E-state index >= 15 is 0 Å². The lowest BCUT2D eigenvalue weighted by Crippen LogP contribution is -2.33. The first-order valence-corrected chi connectivity index (χ1v) is 6.76. The number of nitrogens with zero attached hydrogens (tertiary/aromatic N) is 1. The number of nitrogens with one attached hydrogen (secondary N) is 1. The van der Waals surface area contributed by atoms with Crippen molar-refractivity contribution in [2.75, 3.05) is 0 Å². The van der Waals surface area contributed by atoms with Gasteiger partial charge in [-0.3, -0.25) is 14.0 Å². The molecule has 3 N–H and O–H groups in total. The zero-order valence-corrected chi connectivity index (χ0v) is 10.4. The van der Waals surface area contributed by atoms with Crippen molar-refractivity contribution in [3.05, 3.63) is 3.95 Å². The molecule has 1 atom stereocenters. The van der Waals surface area contributed by atoms with Crippen LogP contribution in [0.25, 0.3) is 0 Å². The number of rotatable bonds is 5. The molecule has 0 aliphatic heterocycles. The van der Waals surface area contributed by atoms with Crippen LogP contribution in [-0.4, -0.2) is 45.2 Å². The predicted molar refractivity (Wildman–Crippen MR) is 58.2 cm³/mol. The van der Waals surface area contributed by atoms with Crippen LogP contribution >= 0.6 is 23.8 Å². The molecule has 1 aromatic heterocycles. The van der Waals surface area contributed by atoms with Gasteiger partial charge in [0.15, 0.2) is 9.20 Å². The molecule has 0 spiro atoms. The lowest BCUT2D eigenvalue weighted by molar-refractivity contribution is -0.143. The number of sulfone groups is 1. The fraction of sp³-hybridized carbons (Fsp3) is 0.333. The summed E-state index contributed by atoms with van der Waals surface area (Å²) >= 11 is 5.33. The summed E-state index contributed by atoms with van der Waals surface area (Å²) in [7, 11) is -4.38. The van der Waals surface area contributed by atoms with Crippen molar-refractivity contribution in [2.45, 2.75) is 16.8 Å². The van der Waals surface area contributed by atoms with Crippen molar-refractivity contribution in [1.29, 1.82) is 0 Å². The van der Waals surface area contributed by atoms with Crippen LogP contribution in [0.15, 0.2) is 5.16 Å². The molecule has 0 amide bonds. The number of aromatic nitrogens is 2. The number of aliphatic carboxylic acids is 2. The molecule has 0 aliphatic carbocycles. The highest BCUT2D eigenvalue weighted by atomic mass is 32.2. The SMILES string of the molecule is O=C(O)CC(C(=O)O)S(=O)(=O)c1nc(=S)s[nH]1. The van der Waals surface area contributed by atoms with Crippen molar-refractivity contribution < 1.29 is 28.2 Å². The number of hydrogen-bond donors (Lipinski definition) is 3. The molecule has 0 aliphatic rings. The second-order valence-electron chi connectivity index (χ2n) is 2.86. The van der Waals surface area contributed by atoms with E-state index in [4.69, 9.17) is 10.2 Å². The van der Waals surface area contributed by atoms with Gasteiger partial charge in [-0.25, -0.2) is 8.42 Å². The van der Waals surface area contributed by atoms with E-state index in [-0.39, 0.29) is 3.95 Å². The molecule has 0 bridgehead atoms. The van der Waals surface area contributed by atoms with Gasteiger partial charge in [0, 0.05) is 0 Å². The minimum atomic E-state index is -4.38. The maximum Gasteiger partial charge on any atom is 0.323 e. The van der Waals surface area contributed by atoms with Gasteiger partial charge in [0.1, 0.15) is 0 Å². The first kappa shape index (κ1) is 13.7. The summed E-state index contributed by atoms with van der Waals surface area (Å²) in [5, 5.41) is 14.5. The molecule has 0 saturated heterocycles. The highest BCUT2D eigenvalue weighted by Gasteiger charge is 2.38. The molecule has 1 aromatic rings. The van der Waals surface area contributed by atoms with Gasteiger partial charge in [-0.05, 0) is 23.8 Å². The molecule has 11 heteroatoms. The second kappa shape index (κ2) is 4.89. The van der Waals surface area contributed by atoms with Gasteiger partial charge < -0.3 is 10.2 Å². The number of H-pyrrole nitrogens is 1. The molecule has 1 heterocycles. The van der Waals surface area contributed by atoms with Crippen molar-refractivity contribution >= 4 is 45.5 Å². The third kappa shape index (κ3) is 3.08. The molecule has 0 saturated carbocycles. The largest absolute Gasteiger partial charge is 0.481 e. The zero-order valence-electron chi connectivity index (χ0n) is 7.98. The molecule has 0 fully saturated rings. The Kier molecular flexibility index (Phi) is 3.95. The summed E-state index contributed by atoms with van der Waals surface area (Å²) in [6, 6.07) is 0. The van der Waals surface area contributed by atoms with Crippen LogP contribution in [0.1, 0.15) is 6.42 Å². The van der Waals surface area contributed by atoms with E-state index in [1.165, 1.54) is 0 Å². The number of carboxylic acids is 2. The highest BCUT2D eigenvalue weighted by molar-refractivity contribution is 7.92. The molecule has 17 heavy (non-hydrogen) atoms. The normalized spacial score (nSPS) is 13.2. The van der Waals surface area contributed by atoms with E-state index < -0.39 is 38.6 Å². The lowest BCUT2D eigenvalue weighted by Gasteiger charge is -2.08. The van der Waals surface area contributed by atoms with Gasteiger partial charge >= 0.3 is 11.9 Å². The fourth-order valence-corrected chi connectivity index (χ4v) is 3.35. The summed E-state index contributed by atoms with van der Waals surface area (Å²) in [4.78, 5) is 24.6. The zero-order chi connectivity index (χ0) is 13.2. The topological polar surface area (TPSA) is 137 Å². The Balaban J connectivity index is 3.22. The second-order valence-corrected chi connectivity index (χ2v) is 6.34. The average Bonchev–Trinajstić information content (AvgIpc) is 2.61. The summed E-state index contributed by atoms with van der Waals surface area (Å²) < 4.78 is 25.7. The standard InChI is InChI=1S/C6H6N2O6S3/c9-3(10)1-2(4(11)12)17(13,14)5-7-6(15)16-8-5/h2H,1H2,(H,9,10)(H,11,12)(H,7,8,15). The van der Waals surface area contributed by atoms with Gasteiger partial charge in [0.25, 0.3) is 0 Å². The number of carbonyl (C=O) groups is 2. The summed E-state index contributed by atoms with van der Waals surface area (Å²) in [6.45, 7) is 0. The maximum absolute atomic E-state index is 11.7. The van der Waals surface area contributed by atoms with Crippen molar-refractivity contribution in [3.8, 4) is 0 Å². The third-order valence-corrected chi connectivity index (χ3v) is 4.58. The molecule has 1 rings (SSSR count). The van der Waals surface area contributed by atoms with Gasteiger partial charge in [-0.1, -0.05) is 0 Å². The minimum Gasteiger partial charge on any atom is -0.481 e. The van der Waals surface area contributed by atoms with E-state index in [9.17, 15) is 18.0 Å². The minimum absolute atomic E-state index is 0.0111. The molecule has 1 unspecified atom stereocenters. The van der Waals surface area contributed by atoms with Crippen LogP contribution in [0.4, 0.5) is 0 Å². The fourth-order valence-electron chi connectivity index (χ4n) is 0.961. The number of aromatic amines is 1. The Labute approximate surface area is 104 Å². The quantitative estimate of drug-likeness (QED) is 0.641. The van der Waals surface area contributed by atoms with Crippen LogP contribution < -0.4 is 0 Å². The number of carboxylic acid groups (broad SMARTS) is 2. The smallest absolute Gasteiger partial charge is 0.323 e. The predicted octanol–water partition coefficient (Wildman–Crippen LogP) is -0.0977. The molecule has 8 nitrogen and oxygen atoms in total. The highest BCUT2D eigenvalue weighted by Crippen LogP contribution is 2.16. The summed E-state index contributed by atoms with van der Waals surface area (Å²) in [5.41, 5.74) is 0. The Bertz CT molecular complexity index is 599. The molecule has 94 valence electrons. The molecular weight excluding hydrogens is 292 g/mol. The van der Waals surface area contributed by atoms with Gasteiger partial charge in [-0.15, -0.1) is 0 Å². The van der Waals surface area contributed by atoms with E-state index in [1.807, 2.05) is 0 Å². The van der Waals surface area contributed by atoms with E-state index in [0.29, 0.717) is 0 Å². The molecular formula is C6H6N2O6S3. The molecule has 0 aromatic carbocycles. The Hall–Kier alpha value is -1.33. The maximum atomic E-state index is 11.7. The lowest BCUT2D eigenvalue weighted by atomic mass is 10.3. The van der Waals surface area contributed by atoms with Crippen LogP contribution in [-0.2, 0) is 19.4 Å². The first-order chi connectivity index (χ1) is 7.75. The van der Waals surface area contributed by atoms with Crippen molar-refractivity contribution in [1.82, 2.24) is 9.36 Å². The van der Waals surface area contributed by atoms with E-state index in [2.05, 4.69) is 21.6 Å². The summed E-state index contributed by atoms with van der Waals surface area (Å²) in [6.07, 6.45) is -1.05. The van der Waals surface area contributed by atoms with Crippen LogP contribution in [0, 0.1) is 3.95 Å². The first-order valence-electron chi connectivity index (χ1n) is 3.99. The van der Waals surface area contributed by atoms with Crippen LogP contribution in [0.3, 0.4) is 0 Å². The van der Waals surface area contributed by atoms with E-state index in [1.54, 1.807) is 0 Å². The molecule has 0 radical (unpaired) electrons. The Morgan fingerprint density at radius 1 is 1.47 bits per heavy atom. The Morgan fingerprint density at radius 3 is 2.41 bits per heavy atom.